The number of hydrogen-bond donors (Lipinski definition) is 0. The van der Waals surface area contributed by atoms with Gasteiger partial charge in [-0.25, -0.2) is 0 Å². The van der Waals surface area contributed by atoms with E-state index in [1.165, 1.54) is 28.7 Å². The summed E-state index contributed by atoms with van der Waals surface area (Å²) in [5.41, 5.74) is 5.55. The van der Waals surface area contributed by atoms with Crippen LogP contribution in [0, 0.1) is 0 Å². The van der Waals surface area contributed by atoms with Crippen molar-refractivity contribution in [2.75, 3.05) is 0 Å². The Labute approximate surface area is 138 Å². The zero-order chi connectivity index (χ0) is 14.4. The minimum Gasteiger partial charge on any atom is -0.0876 e. The van der Waals surface area contributed by atoms with Crippen LogP contribution in [-0.4, -0.2) is 0 Å². The van der Waals surface area contributed by atoms with E-state index in [-0.39, 0.29) is 0 Å². The topological polar surface area (TPSA) is 0 Å². The van der Waals surface area contributed by atoms with Crippen molar-refractivity contribution in [2.24, 2.45) is 0 Å². The monoisotopic (exact) mass is 394 g/mol. The van der Waals surface area contributed by atoms with E-state index in [0.29, 0.717) is 5.92 Å². The van der Waals surface area contributed by atoms with Gasteiger partial charge in [0.15, 0.2) is 0 Å². The number of halogens is 2. The highest BCUT2D eigenvalue weighted by atomic mass is 79.9. The van der Waals surface area contributed by atoms with Crippen molar-refractivity contribution >= 4 is 31.9 Å². The predicted octanol–water partition coefficient (Wildman–Crippen LogP) is 6.21. The summed E-state index contributed by atoms with van der Waals surface area (Å²) in [4.78, 5) is 0. The van der Waals surface area contributed by atoms with Crippen LogP contribution in [0.3, 0.4) is 0 Å². The van der Waals surface area contributed by atoms with Crippen molar-refractivity contribution in [2.45, 2.75) is 36.3 Å². The summed E-state index contributed by atoms with van der Waals surface area (Å²) in [5.74, 6) is 0.607. The van der Waals surface area contributed by atoms with Crippen LogP contribution in [0.2, 0.25) is 0 Å². The molecule has 0 radical (unpaired) electrons. The number of hydrogen-bond acceptors (Lipinski definition) is 0. The third kappa shape index (κ3) is 4.46. The molecule has 20 heavy (non-hydrogen) atoms. The first kappa shape index (κ1) is 15.8. The van der Waals surface area contributed by atoms with Gasteiger partial charge in [-0.2, -0.15) is 0 Å². The quantitative estimate of drug-likeness (QED) is 0.509. The summed E-state index contributed by atoms with van der Waals surface area (Å²) in [5, 5.41) is 1.87. The molecule has 0 aliphatic heterocycles. The Morgan fingerprint density at radius 2 is 1.20 bits per heavy atom. The van der Waals surface area contributed by atoms with E-state index < -0.39 is 0 Å². The highest BCUT2D eigenvalue weighted by Crippen LogP contribution is 2.22. The molecule has 0 aliphatic carbocycles. The van der Waals surface area contributed by atoms with Gasteiger partial charge in [0.1, 0.15) is 0 Å². The zero-order valence-corrected chi connectivity index (χ0v) is 15.0. The maximum absolute atomic E-state index is 3.49. The summed E-state index contributed by atoms with van der Waals surface area (Å²) < 4.78 is 0. The van der Waals surface area contributed by atoms with Crippen molar-refractivity contribution in [3.63, 3.8) is 0 Å². The van der Waals surface area contributed by atoms with Crippen LogP contribution >= 0.6 is 31.9 Å². The molecule has 0 aliphatic rings. The average Bonchev–Trinajstić information content (AvgIpc) is 2.53. The van der Waals surface area contributed by atoms with Crippen LogP contribution in [0.1, 0.15) is 41.5 Å². The Kier molecular flexibility index (Phi) is 6.31. The van der Waals surface area contributed by atoms with Crippen LogP contribution in [0.15, 0.2) is 48.5 Å². The molecule has 2 heteroatoms. The van der Waals surface area contributed by atoms with Gasteiger partial charge in [0.2, 0.25) is 0 Å². The van der Waals surface area contributed by atoms with Gasteiger partial charge in [-0.05, 0) is 41.0 Å². The molecule has 2 rings (SSSR count). The smallest absolute Gasteiger partial charge is 0.0283 e. The third-order valence-corrected chi connectivity index (χ3v) is 5.04. The van der Waals surface area contributed by atoms with Crippen LogP contribution in [-0.2, 0) is 17.1 Å². The minimum absolute atomic E-state index is 0.607. The van der Waals surface area contributed by atoms with E-state index in [2.05, 4.69) is 87.3 Å². The normalized spacial score (nSPS) is 12.3. The highest BCUT2D eigenvalue weighted by Gasteiger charge is 2.06. The van der Waals surface area contributed by atoms with Crippen LogP contribution < -0.4 is 0 Å². The van der Waals surface area contributed by atoms with E-state index in [9.17, 15) is 0 Å². The fraction of sp³-hybridized carbons (Fsp3) is 0.333. The number of aryl methyl sites for hydroxylation is 1. The summed E-state index contributed by atoms with van der Waals surface area (Å²) in [6, 6.07) is 17.9. The lowest BCUT2D eigenvalue weighted by Crippen LogP contribution is -1.97. The van der Waals surface area contributed by atoms with E-state index in [1.54, 1.807) is 0 Å². The largest absolute Gasteiger partial charge is 0.0876 e. The molecule has 0 amide bonds. The average molecular weight is 396 g/mol. The van der Waals surface area contributed by atoms with Gasteiger partial charge in [-0.3, -0.25) is 0 Å². The molecule has 0 heterocycles. The second kappa shape index (κ2) is 7.99. The van der Waals surface area contributed by atoms with Crippen molar-refractivity contribution in [3.05, 3.63) is 70.8 Å². The summed E-state index contributed by atoms with van der Waals surface area (Å²) in [6.45, 7) is 2.32. The van der Waals surface area contributed by atoms with Crippen LogP contribution in [0.25, 0.3) is 0 Å². The lowest BCUT2D eigenvalue weighted by molar-refractivity contribution is 0.679. The standard InChI is InChI=1S/C18H20Br2/c1-14(18-10-8-17(13-20)9-11-18)2-3-15-4-6-16(12-19)7-5-15/h4-11,14H,2-3,12-13H2,1H3. The first-order chi connectivity index (χ1) is 9.72. The second-order valence-electron chi connectivity index (χ2n) is 5.27. The Hall–Kier alpha value is -0.600. The molecule has 0 saturated carbocycles. The maximum Gasteiger partial charge on any atom is 0.0283 e. The number of rotatable bonds is 6. The molecule has 1 unspecified atom stereocenters. The van der Waals surface area contributed by atoms with Crippen molar-refractivity contribution < 1.29 is 0 Å². The molecule has 0 saturated heterocycles. The van der Waals surface area contributed by atoms with E-state index in [4.69, 9.17) is 0 Å². The summed E-state index contributed by atoms with van der Waals surface area (Å²) in [6.07, 6.45) is 2.34. The Morgan fingerprint density at radius 3 is 1.70 bits per heavy atom. The molecule has 0 N–H and O–H groups in total. The van der Waals surface area contributed by atoms with Crippen molar-refractivity contribution in [3.8, 4) is 0 Å². The lowest BCUT2D eigenvalue weighted by atomic mass is 9.93. The van der Waals surface area contributed by atoms with Crippen LogP contribution in [0.4, 0.5) is 0 Å². The van der Waals surface area contributed by atoms with E-state index in [0.717, 1.165) is 17.1 Å². The Balaban J connectivity index is 1.91. The molecule has 2 aromatic carbocycles. The first-order valence-corrected chi connectivity index (χ1v) is 9.26. The van der Waals surface area contributed by atoms with E-state index >= 15 is 0 Å². The fourth-order valence-corrected chi connectivity index (χ4v) is 3.03. The predicted molar refractivity (Wildman–Crippen MR) is 94.9 cm³/mol. The third-order valence-electron chi connectivity index (χ3n) is 3.75. The zero-order valence-electron chi connectivity index (χ0n) is 11.8. The molecule has 0 fully saturated rings. The fourth-order valence-electron chi connectivity index (χ4n) is 2.28. The van der Waals surface area contributed by atoms with Gasteiger partial charge < -0.3 is 0 Å². The molecule has 0 bridgehead atoms. The summed E-state index contributed by atoms with van der Waals surface area (Å²) in [7, 11) is 0. The molecular formula is C18H20Br2. The highest BCUT2D eigenvalue weighted by molar-refractivity contribution is 9.08. The number of alkyl halides is 2. The molecule has 106 valence electrons. The van der Waals surface area contributed by atoms with Gasteiger partial charge in [0.05, 0.1) is 0 Å². The molecule has 0 nitrogen and oxygen atoms in total. The lowest BCUT2D eigenvalue weighted by Gasteiger charge is -2.12. The van der Waals surface area contributed by atoms with Crippen molar-refractivity contribution in [1.29, 1.82) is 0 Å². The first-order valence-electron chi connectivity index (χ1n) is 7.01. The van der Waals surface area contributed by atoms with Gasteiger partial charge >= 0.3 is 0 Å². The maximum atomic E-state index is 3.49. The van der Waals surface area contributed by atoms with Crippen LogP contribution in [0.5, 0.6) is 0 Å². The van der Waals surface area contributed by atoms with Gasteiger partial charge in [0, 0.05) is 10.7 Å². The van der Waals surface area contributed by atoms with Gasteiger partial charge in [-0.1, -0.05) is 87.3 Å². The molecular weight excluding hydrogens is 376 g/mol. The molecule has 1 atom stereocenters. The molecule has 2 aromatic rings. The number of benzene rings is 2. The summed E-state index contributed by atoms with van der Waals surface area (Å²) >= 11 is 6.97. The minimum atomic E-state index is 0.607. The second-order valence-corrected chi connectivity index (χ2v) is 6.39. The Bertz CT molecular complexity index is 514. The molecule has 0 spiro atoms. The van der Waals surface area contributed by atoms with Gasteiger partial charge in [-0.15, -0.1) is 0 Å². The van der Waals surface area contributed by atoms with Crippen molar-refractivity contribution in [1.82, 2.24) is 0 Å². The SMILES string of the molecule is CC(CCc1ccc(CBr)cc1)c1ccc(CBr)cc1. The van der Waals surface area contributed by atoms with Gasteiger partial charge in [0.25, 0.3) is 0 Å². The Morgan fingerprint density at radius 1 is 0.750 bits per heavy atom. The van der Waals surface area contributed by atoms with E-state index in [1.807, 2.05) is 0 Å². The molecule has 0 aromatic heterocycles.